The number of hydrogen-bond donors (Lipinski definition) is 1. The number of rotatable bonds is 7. The van der Waals surface area contributed by atoms with Crippen molar-refractivity contribution < 1.29 is 9.13 Å². The summed E-state index contributed by atoms with van der Waals surface area (Å²) in [5, 5.41) is 5.31. The standard InChI is InChI=1S/C34H38FN7O/c1-34(2,3)25-12-10-24(11-13-25)21-40-16-18-41(19-17-40)33-37-30(27-15-14-26(43-4)20-28(27)35)29-31(36)42(39-32(29)38-33)22-23-8-6-5-7-9-23/h5-15,20H,16-19,21-22,36H2,1-4H3. The second-order valence-electron chi connectivity index (χ2n) is 12.2. The molecule has 9 heteroatoms. The molecule has 0 saturated carbocycles. The third-order valence-electron chi connectivity index (χ3n) is 8.12. The van der Waals surface area contributed by atoms with Crippen molar-refractivity contribution >= 4 is 22.8 Å². The molecular weight excluding hydrogens is 541 g/mol. The smallest absolute Gasteiger partial charge is 0.228 e. The van der Waals surface area contributed by atoms with Crippen LogP contribution in [0.3, 0.4) is 0 Å². The lowest BCUT2D eigenvalue weighted by atomic mass is 9.87. The van der Waals surface area contributed by atoms with Crippen molar-refractivity contribution in [2.45, 2.75) is 39.3 Å². The van der Waals surface area contributed by atoms with E-state index in [9.17, 15) is 0 Å². The first-order valence-corrected chi connectivity index (χ1v) is 14.7. The first-order valence-electron chi connectivity index (χ1n) is 14.7. The Kier molecular flexibility index (Phi) is 7.75. The number of nitrogens with zero attached hydrogens (tertiary/aromatic N) is 6. The van der Waals surface area contributed by atoms with E-state index in [4.69, 9.17) is 25.5 Å². The van der Waals surface area contributed by atoms with Gasteiger partial charge in [-0.05, 0) is 34.2 Å². The molecule has 0 radical (unpaired) electrons. The summed E-state index contributed by atoms with van der Waals surface area (Å²) in [5.41, 5.74) is 11.7. The summed E-state index contributed by atoms with van der Waals surface area (Å²) in [6.45, 7) is 11.3. The van der Waals surface area contributed by atoms with Crippen LogP contribution in [0, 0.1) is 5.82 Å². The van der Waals surface area contributed by atoms with Gasteiger partial charge in [-0.3, -0.25) is 4.90 Å². The minimum Gasteiger partial charge on any atom is -0.497 e. The van der Waals surface area contributed by atoms with Crippen LogP contribution in [0.2, 0.25) is 0 Å². The average molecular weight is 580 g/mol. The molecule has 1 fully saturated rings. The second kappa shape index (κ2) is 11.6. The molecule has 43 heavy (non-hydrogen) atoms. The van der Waals surface area contributed by atoms with Crippen LogP contribution in [-0.2, 0) is 18.5 Å². The van der Waals surface area contributed by atoms with E-state index in [1.807, 2.05) is 30.3 Å². The number of ether oxygens (including phenoxy) is 1. The van der Waals surface area contributed by atoms with Gasteiger partial charge in [-0.1, -0.05) is 75.4 Å². The van der Waals surface area contributed by atoms with Crippen molar-refractivity contribution in [1.29, 1.82) is 0 Å². The minimum atomic E-state index is -0.442. The van der Waals surface area contributed by atoms with Crippen molar-refractivity contribution in [2.75, 3.05) is 43.9 Å². The van der Waals surface area contributed by atoms with Crippen molar-refractivity contribution in [3.8, 4) is 17.0 Å². The minimum absolute atomic E-state index is 0.140. The topological polar surface area (TPSA) is 85.3 Å². The van der Waals surface area contributed by atoms with E-state index in [0.717, 1.165) is 38.3 Å². The molecule has 1 aliphatic heterocycles. The molecular formula is C34H38FN7O. The molecule has 222 valence electrons. The van der Waals surface area contributed by atoms with E-state index < -0.39 is 5.82 Å². The van der Waals surface area contributed by atoms with Crippen molar-refractivity contribution in [3.63, 3.8) is 0 Å². The van der Waals surface area contributed by atoms with E-state index >= 15 is 4.39 Å². The lowest BCUT2D eigenvalue weighted by molar-refractivity contribution is 0.248. The Balaban J connectivity index is 1.29. The zero-order valence-corrected chi connectivity index (χ0v) is 25.2. The number of aromatic nitrogens is 4. The zero-order valence-electron chi connectivity index (χ0n) is 25.2. The molecule has 2 N–H and O–H groups in total. The number of halogens is 1. The fourth-order valence-corrected chi connectivity index (χ4v) is 5.55. The predicted octanol–water partition coefficient (Wildman–Crippen LogP) is 5.89. The molecule has 8 nitrogen and oxygen atoms in total. The number of nitrogens with two attached hydrogens (primary N) is 1. The zero-order chi connectivity index (χ0) is 30.1. The van der Waals surface area contributed by atoms with E-state index in [1.165, 1.54) is 24.3 Å². The fourth-order valence-electron chi connectivity index (χ4n) is 5.55. The molecule has 2 aromatic heterocycles. The second-order valence-corrected chi connectivity index (χ2v) is 12.2. The maximum absolute atomic E-state index is 15.4. The Morgan fingerprint density at radius 1 is 0.860 bits per heavy atom. The SMILES string of the molecule is COc1ccc(-c2nc(N3CCN(Cc4ccc(C(C)(C)C)cc4)CC3)nc3nn(Cc4ccccc4)c(N)c23)c(F)c1. The summed E-state index contributed by atoms with van der Waals surface area (Å²) < 4.78 is 22.4. The first kappa shape index (κ1) is 28.6. The lowest BCUT2D eigenvalue weighted by Gasteiger charge is -2.35. The molecule has 0 spiro atoms. The Bertz CT molecular complexity index is 1720. The van der Waals surface area contributed by atoms with Gasteiger partial charge in [-0.15, -0.1) is 5.10 Å². The Morgan fingerprint density at radius 3 is 2.21 bits per heavy atom. The average Bonchev–Trinajstić information content (AvgIpc) is 3.32. The monoisotopic (exact) mass is 579 g/mol. The maximum atomic E-state index is 15.4. The lowest BCUT2D eigenvalue weighted by Crippen LogP contribution is -2.46. The maximum Gasteiger partial charge on any atom is 0.228 e. The van der Waals surface area contributed by atoms with E-state index in [1.54, 1.807) is 16.8 Å². The Hall–Kier alpha value is -4.50. The van der Waals surface area contributed by atoms with Crippen LogP contribution >= 0.6 is 0 Å². The Labute approximate surface area is 251 Å². The van der Waals surface area contributed by atoms with Gasteiger partial charge in [0.1, 0.15) is 17.4 Å². The normalized spacial score (nSPS) is 14.4. The summed E-state index contributed by atoms with van der Waals surface area (Å²) in [6.07, 6.45) is 0. The van der Waals surface area contributed by atoms with Gasteiger partial charge < -0.3 is 15.4 Å². The number of nitrogen functional groups attached to an aromatic ring is 1. The third-order valence-corrected chi connectivity index (χ3v) is 8.12. The van der Waals surface area contributed by atoms with E-state index in [2.05, 4.69) is 54.8 Å². The van der Waals surface area contributed by atoms with Crippen LogP contribution in [-0.4, -0.2) is 57.9 Å². The molecule has 3 aromatic carbocycles. The highest BCUT2D eigenvalue weighted by molar-refractivity contribution is 5.99. The van der Waals surface area contributed by atoms with E-state index in [-0.39, 0.29) is 5.41 Å². The molecule has 1 aliphatic rings. The van der Waals surface area contributed by atoms with Crippen LogP contribution in [0.4, 0.5) is 16.2 Å². The highest BCUT2D eigenvalue weighted by Gasteiger charge is 2.25. The Morgan fingerprint density at radius 2 is 1.56 bits per heavy atom. The number of piperazine rings is 1. The number of benzene rings is 3. The number of fused-ring (bicyclic) bond motifs is 1. The molecule has 0 bridgehead atoms. The van der Waals surface area contributed by atoms with Gasteiger partial charge in [-0.25, -0.2) is 14.1 Å². The van der Waals surface area contributed by atoms with Gasteiger partial charge in [0, 0.05) is 44.4 Å². The van der Waals surface area contributed by atoms with Crippen molar-refractivity contribution in [1.82, 2.24) is 24.6 Å². The van der Waals surface area contributed by atoms with E-state index in [0.29, 0.717) is 46.4 Å². The molecule has 5 aromatic rings. The predicted molar refractivity (Wildman–Crippen MR) is 170 cm³/mol. The quantitative estimate of drug-likeness (QED) is 0.257. The summed E-state index contributed by atoms with van der Waals surface area (Å²) in [6, 6.07) is 23.7. The highest BCUT2D eigenvalue weighted by Crippen LogP contribution is 2.35. The molecule has 6 rings (SSSR count). The van der Waals surface area contributed by atoms with Gasteiger partial charge in [0.15, 0.2) is 5.65 Å². The first-order chi connectivity index (χ1) is 20.7. The number of anilines is 2. The van der Waals surface area contributed by atoms with Gasteiger partial charge in [0.05, 0.1) is 24.7 Å². The van der Waals surface area contributed by atoms with Crippen LogP contribution in [0.1, 0.15) is 37.5 Å². The fraction of sp³-hybridized carbons (Fsp3) is 0.324. The summed E-state index contributed by atoms with van der Waals surface area (Å²) in [7, 11) is 1.52. The number of methoxy groups -OCH3 is 1. The van der Waals surface area contributed by atoms with Gasteiger partial charge in [0.2, 0.25) is 5.95 Å². The number of hydrogen-bond acceptors (Lipinski definition) is 7. The largest absolute Gasteiger partial charge is 0.497 e. The molecule has 3 heterocycles. The van der Waals surface area contributed by atoms with Crippen LogP contribution < -0.4 is 15.4 Å². The van der Waals surface area contributed by atoms with Gasteiger partial charge >= 0.3 is 0 Å². The highest BCUT2D eigenvalue weighted by atomic mass is 19.1. The van der Waals surface area contributed by atoms with Crippen LogP contribution in [0.15, 0.2) is 72.8 Å². The molecule has 0 unspecified atom stereocenters. The van der Waals surface area contributed by atoms with Crippen LogP contribution in [0.5, 0.6) is 5.75 Å². The van der Waals surface area contributed by atoms with Gasteiger partial charge in [0.25, 0.3) is 0 Å². The summed E-state index contributed by atoms with van der Waals surface area (Å²) in [5.74, 6) is 0.917. The molecule has 0 amide bonds. The summed E-state index contributed by atoms with van der Waals surface area (Å²) >= 11 is 0. The molecule has 1 saturated heterocycles. The van der Waals surface area contributed by atoms with Crippen LogP contribution in [0.25, 0.3) is 22.3 Å². The van der Waals surface area contributed by atoms with Crippen molar-refractivity contribution in [2.24, 2.45) is 0 Å². The summed E-state index contributed by atoms with van der Waals surface area (Å²) in [4.78, 5) is 14.4. The molecule has 0 atom stereocenters. The third kappa shape index (κ3) is 6.03. The molecule has 0 aliphatic carbocycles. The van der Waals surface area contributed by atoms with Gasteiger partial charge in [-0.2, -0.15) is 4.98 Å². The van der Waals surface area contributed by atoms with Crippen molar-refractivity contribution in [3.05, 3.63) is 95.3 Å².